The summed E-state index contributed by atoms with van der Waals surface area (Å²) in [5.41, 5.74) is -0.284. The van der Waals surface area contributed by atoms with E-state index >= 15 is 0 Å². The number of carbonyl (C=O) groups excluding carboxylic acids is 1. The zero-order valence-corrected chi connectivity index (χ0v) is 8.44. The van der Waals surface area contributed by atoms with Crippen molar-refractivity contribution in [3.05, 3.63) is 29.6 Å². The Kier molecular flexibility index (Phi) is 2.60. The van der Waals surface area contributed by atoms with E-state index in [1.165, 1.54) is 17.0 Å². The summed E-state index contributed by atoms with van der Waals surface area (Å²) in [6.07, 6.45) is 1.06. The first kappa shape index (κ1) is 10.6. The van der Waals surface area contributed by atoms with Crippen molar-refractivity contribution < 1.29 is 19.1 Å². The third-order valence-electron chi connectivity index (χ3n) is 2.57. The van der Waals surface area contributed by atoms with E-state index in [1.54, 1.807) is 0 Å². The van der Waals surface area contributed by atoms with Crippen LogP contribution in [-0.2, 0) is 4.79 Å². The number of halogens is 1. The molecule has 1 aliphatic heterocycles. The van der Waals surface area contributed by atoms with Gasteiger partial charge in [0.1, 0.15) is 11.4 Å². The van der Waals surface area contributed by atoms with Crippen molar-refractivity contribution in [2.45, 2.75) is 12.8 Å². The van der Waals surface area contributed by atoms with Crippen LogP contribution < -0.4 is 4.90 Å². The zero-order valence-electron chi connectivity index (χ0n) is 8.44. The number of anilines is 1. The molecule has 1 fully saturated rings. The minimum atomic E-state index is -1.35. The van der Waals surface area contributed by atoms with Gasteiger partial charge in [-0.05, 0) is 18.6 Å². The van der Waals surface area contributed by atoms with Crippen molar-refractivity contribution in [3.8, 4) is 0 Å². The molecule has 1 amide bonds. The average Bonchev–Trinajstić information content (AvgIpc) is 2.63. The molecule has 1 aromatic rings. The summed E-state index contributed by atoms with van der Waals surface area (Å²) >= 11 is 0. The molecule has 1 N–H and O–H groups in total. The van der Waals surface area contributed by atoms with E-state index in [2.05, 4.69) is 0 Å². The summed E-state index contributed by atoms with van der Waals surface area (Å²) in [7, 11) is 0. The summed E-state index contributed by atoms with van der Waals surface area (Å²) in [5, 5.41) is 8.92. The lowest BCUT2D eigenvalue weighted by atomic mass is 10.1. The van der Waals surface area contributed by atoms with Gasteiger partial charge in [0.05, 0.1) is 5.69 Å². The topological polar surface area (TPSA) is 57.6 Å². The number of carbonyl (C=O) groups is 2. The highest BCUT2D eigenvalue weighted by Crippen LogP contribution is 2.27. The van der Waals surface area contributed by atoms with Crippen LogP contribution in [0.25, 0.3) is 0 Å². The fourth-order valence-corrected chi connectivity index (χ4v) is 1.85. The highest BCUT2D eigenvalue weighted by Gasteiger charge is 2.27. The number of nitrogens with zero attached hydrogens (tertiary/aromatic N) is 1. The highest BCUT2D eigenvalue weighted by atomic mass is 19.1. The Bertz CT molecular complexity index is 459. The molecule has 0 radical (unpaired) electrons. The lowest BCUT2D eigenvalue weighted by Gasteiger charge is -2.18. The average molecular weight is 223 g/mol. The molecular formula is C11H10FNO3. The van der Waals surface area contributed by atoms with Gasteiger partial charge in [-0.3, -0.25) is 4.79 Å². The SMILES string of the molecule is O=C(O)c1c(F)cccc1N1CCCC1=O. The van der Waals surface area contributed by atoms with Crippen molar-refractivity contribution in [2.75, 3.05) is 11.4 Å². The highest BCUT2D eigenvalue weighted by molar-refractivity contribution is 6.03. The van der Waals surface area contributed by atoms with Crippen LogP contribution in [0.1, 0.15) is 23.2 Å². The number of carboxylic acid groups (broad SMARTS) is 1. The maximum Gasteiger partial charge on any atom is 0.340 e. The van der Waals surface area contributed by atoms with E-state index in [1.807, 2.05) is 0 Å². The van der Waals surface area contributed by atoms with Gasteiger partial charge in [-0.15, -0.1) is 0 Å². The molecule has 5 heteroatoms. The first-order valence-corrected chi connectivity index (χ1v) is 4.93. The van der Waals surface area contributed by atoms with E-state index in [-0.39, 0.29) is 11.6 Å². The van der Waals surface area contributed by atoms with Gasteiger partial charge in [0.25, 0.3) is 0 Å². The lowest BCUT2D eigenvalue weighted by molar-refractivity contribution is -0.117. The van der Waals surface area contributed by atoms with Crippen LogP contribution in [0.3, 0.4) is 0 Å². The van der Waals surface area contributed by atoms with E-state index < -0.39 is 17.3 Å². The van der Waals surface area contributed by atoms with Crippen LogP contribution in [0, 0.1) is 5.82 Å². The predicted molar refractivity (Wildman–Crippen MR) is 54.9 cm³/mol. The van der Waals surface area contributed by atoms with Crippen LogP contribution in [0.2, 0.25) is 0 Å². The van der Waals surface area contributed by atoms with E-state index in [9.17, 15) is 14.0 Å². The molecule has 2 rings (SSSR count). The van der Waals surface area contributed by atoms with Crippen molar-refractivity contribution in [2.24, 2.45) is 0 Å². The molecule has 1 aromatic carbocycles. The van der Waals surface area contributed by atoms with Gasteiger partial charge in [0, 0.05) is 13.0 Å². The number of carboxylic acids is 1. The quantitative estimate of drug-likeness (QED) is 0.829. The Balaban J connectivity index is 2.51. The molecule has 0 bridgehead atoms. The third-order valence-corrected chi connectivity index (χ3v) is 2.57. The van der Waals surface area contributed by atoms with E-state index in [0.29, 0.717) is 19.4 Å². The van der Waals surface area contributed by atoms with Gasteiger partial charge in [0.2, 0.25) is 5.91 Å². The van der Waals surface area contributed by atoms with E-state index in [0.717, 1.165) is 6.07 Å². The second-order valence-electron chi connectivity index (χ2n) is 3.59. The van der Waals surface area contributed by atoms with Gasteiger partial charge >= 0.3 is 5.97 Å². The molecule has 1 aliphatic rings. The van der Waals surface area contributed by atoms with Crippen molar-refractivity contribution in [1.82, 2.24) is 0 Å². The normalized spacial score (nSPS) is 15.6. The Morgan fingerprint density at radius 3 is 2.75 bits per heavy atom. The Labute approximate surface area is 91.3 Å². The monoisotopic (exact) mass is 223 g/mol. The van der Waals surface area contributed by atoms with Crippen molar-refractivity contribution >= 4 is 17.6 Å². The number of rotatable bonds is 2. The lowest BCUT2D eigenvalue weighted by Crippen LogP contribution is -2.26. The molecule has 1 saturated heterocycles. The molecule has 0 saturated carbocycles. The molecule has 0 atom stereocenters. The van der Waals surface area contributed by atoms with Gasteiger partial charge in [-0.1, -0.05) is 6.07 Å². The molecule has 16 heavy (non-hydrogen) atoms. The molecule has 84 valence electrons. The van der Waals surface area contributed by atoms with Crippen LogP contribution in [0.5, 0.6) is 0 Å². The van der Waals surface area contributed by atoms with Crippen LogP contribution in [0.4, 0.5) is 10.1 Å². The maximum atomic E-state index is 13.4. The second kappa shape index (κ2) is 3.92. The smallest absolute Gasteiger partial charge is 0.340 e. The van der Waals surface area contributed by atoms with Gasteiger partial charge < -0.3 is 10.0 Å². The minimum absolute atomic E-state index is 0.148. The molecule has 0 aliphatic carbocycles. The zero-order chi connectivity index (χ0) is 11.7. The number of hydrogen-bond donors (Lipinski definition) is 1. The van der Waals surface area contributed by atoms with Gasteiger partial charge in [-0.2, -0.15) is 0 Å². The van der Waals surface area contributed by atoms with E-state index in [4.69, 9.17) is 5.11 Å². The Hall–Kier alpha value is -1.91. The molecule has 0 unspecified atom stereocenters. The summed E-state index contributed by atoms with van der Waals surface area (Å²) in [5.74, 6) is -2.33. The Morgan fingerprint density at radius 2 is 2.19 bits per heavy atom. The van der Waals surface area contributed by atoms with Crippen molar-refractivity contribution in [3.63, 3.8) is 0 Å². The summed E-state index contributed by atoms with van der Waals surface area (Å²) in [4.78, 5) is 23.7. The molecular weight excluding hydrogens is 213 g/mol. The number of benzene rings is 1. The fraction of sp³-hybridized carbons (Fsp3) is 0.273. The molecule has 1 heterocycles. The summed E-state index contributed by atoms with van der Waals surface area (Å²) in [6, 6.07) is 3.94. The van der Waals surface area contributed by atoms with Crippen LogP contribution >= 0.6 is 0 Å². The number of hydrogen-bond acceptors (Lipinski definition) is 2. The second-order valence-corrected chi connectivity index (χ2v) is 3.59. The number of amides is 1. The largest absolute Gasteiger partial charge is 0.478 e. The molecule has 4 nitrogen and oxygen atoms in total. The number of aromatic carboxylic acids is 1. The minimum Gasteiger partial charge on any atom is -0.478 e. The maximum absolute atomic E-state index is 13.4. The van der Waals surface area contributed by atoms with Crippen LogP contribution in [0.15, 0.2) is 18.2 Å². The third kappa shape index (κ3) is 1.64. The van der Waals surface area contributed by atoms with Gasteiger partial charge in [0.15, 0.2) is 0 Å². The van der Waals surface area contributed by atoms with Gasteiger partial charge in [-0.25, -0.2) is 9.18 Å². The Morgan fingerprint density at radius 1 is 1.44 bits per heavy atom. The van der Waals surface area contributed by atoms with Crippen LogP contribution in [-0.4, -0.2) is 23.5 Å². The van der Waals surface area contributed by atoms with Crippen molar-refractivity contribution in [1.29, 1.82) is 0 Å². The first-order valence-electron chi connectivity index (χ1n) is 4.93. The standard InChI is InChI=1S/C11H10FNO3/c12-7-3-1-4-8(10(7)11(15)16)13-6-2-5-9(13)14/h1,3-4H,2,5-6H2,(H,15,16). The summed E-state index contributed by atoms with van der Waals surface area (Å²) < 4.78 is 13.4. The fourth-order valence-electron chi connectivity index (χ4n) is 1.85. The summed E-state index contributed by atoms with van der Waals surface area (Å²) in [6.45, 7) is 0.447. The molecule has 0 spiro atoms. The first-order chi connectivity index (χ1) is 7.61. The molecule has 0 aromatic heterocycles. The predicted octanol–water partition coefficient (Wildman–Crippen LogP) is 1.65.